The van der Waals surface area contributed by atoms with Crippen LogP contribution in [0.25, 0.3) is 0 Å². The van der Waals surface area contributed by atoms with Gasteiger partial charge in [0.25, 0.3) is 0 Å². The summed E-state index contributed by atoms with van der Waals surface area (Å²) in [6.07, 6.45) is 3.89. The van der Waals surface area contributed by atoms with Gasteiger partial charge in [0.2, 0.25) is 0 Å². The van der Waals surface area contributed by atoms with Crippen molar-refractivity contribution in [3.63, 3.8) is 0 Å². The highest BCUT2D eigenvalue weighted by Crippen LogP contribution is 2.40. The lowest BCUT2D eigenvalue weighted by Crippen LogP contribution is -2.22. The zero-order valence-corrected chi connectivity index (χ0v) is 14.3. The number of benzene rings is 1. The first-order chi connectivity index (χ1) is 11.0. The van der Waals surface area contributed by atoms with Crippen LogP contribution in [0.15, 0.2) is 30.6 Å². The molecular weight excluding hydrogens is 362 g/mol. The average molecular weight is 376 g/mol. The third-order valence-corrected chi connectivity index (χ3v) is 4.56. The van der Waals surface area contributed by atoms with Crippen LogP contribution in [0.3, 0.4) is 0 Å². The van der Waals surface area contributed by atoms with Crippen molar-refractivity contribution in [2.75, 3.05) is 13.1 Å². The number of hydrogen-bond acceptors (Lipinski definition) is 3. The first kappa shape index (κ1) is 16.8. The predicted molar refractivity (Wildman–Crippen MR) is 90.0 cm³/mol. The van der Waals surface area contributed by atoms with Crippen molar-refractivity contribution in [3.8, 4) is 5.75 Å². The SMILES string of the molecule is Fc1cc(Cl)c(O[C@H](c2cncc(Cl)c2)[C@@H]2CCNC2)c(Cl)c1. The Morgan fingerprint density at radius 3 is 2.52 bits per heavy atom. The molecule has 1 aliphatic rings. The van der Waals surface area contributed by atoms with Crippen LogP contribution in [0, 0.1) is 11.7 Å². The van der Waals surface area contributed by atoms with E-state index in [4.69, 9.17) is 39.5 Å². The Bertz CT molecular complexity index is 684. The molecule has 1 aromatic carbocycles. The van der Waals surface area contributed by atoms with E-state index in [1.165, 1.54) is 12.1 Å². The molecule has 3 rings (SSSR count). The first-order valence-corrected chi connectivity index (χ1v) is 8.30. The summed E-state index contributed by atoms with van der Waals surface area (Å²) in [4.78, 5) is 4.12. The zero-order valence-electron chi connectivity index (χ0n) is 12.0. The fourth-order valence-electron chi connectivity index (χ4n) is 2.72. The molecule has 2 aromatic rings. The van der Waals surface area contributed by atoms with Crippen LogP contribution in [-0.2, 0) is 0 Å². The van der Waals surface area contributed by atoms with E-state index >= 15 is 0 Å². The number of rotatable bonds is 4. The summed E-state index contributed by atoms with van der Waals surface area (Å²) in [6, 6.07) is 4.18. The van der Waals surface area contributed by atoms with Crippen molar-refractivity contribution in [1.82, 2.24) is 10.3 Å². The molecule has 2 heterocycles. The Hall–Kier alpha value is -1.07. The Morgan fingerprint density at radius 1 is 1.17 bits per heavy atom. The summed E-state index contributed by atoms with van der Waals surface area (Å²) in [5, 5.41) is 4.11. The second kappa shape index (κ2) is 7.22. The van der Waals surface area contributed by atoms with Gasteiger partial charge in [-0.15, -0.1) is 0 Å². The first-order valence-electron chi connectivity index (χ1n) is 7.17. The third kappa shape index (κ3) is 3.89. The molecule has 0 radical (unpaired) electrons. The van der Waals surface area contributed by atoms with Gasteiger partial charge in [0.1, 0.15) is 11.9 Å². The molecule has 1 aliphatic heterocycles. The number of halogens is 4. The minimum Gasteiger partial charge on any atom is -0.482 e. The molecule has 0 spiro atoms. The van der Waals surface area contributed by atoms with Gasteiger partial charge in [-0.1, -0.05) is 34.8 Å². The van der Waals surface area contributed by atoms with Crippen LogP contribution in [0.1, 0.15) is 18.1 Å². The largest absolute Gasteiger partial charge is 0.482 e. The van der Waals surface area contributed by atoms with E-state index in [1.807, 2.05) is 6.07 Å². The molecular formula is C16H14Cl3FN2O. The normalized spacial score (nSPS) is 18.9. The van der Waals surface area contributed by atoms with Crippen LogP contribution in [0.5, 0.6) is 5.75 Å². The molecule has 7 heteroatoms. The van der Waals surface area contributed by atoms with Crippen LogP contribution in [0.4, 0.5) is 4.39 Å². The summed E-state index contributed by atoms with van der Waals surface area (Å²) >= 11 is 18.2. The molecule has 0 saturated carbocycles. The number of aromatic nitrogens is 1. The molecule has 2 atom stereocenters. The highest BCUT2D eigenvalue weighted by Gasteiger charge is 2.30. The van der Waals surface area contributed by atoms with Gasteiger partial charge in [0.05, 0.1) is 15.1 Å². The number of nitrogens with zero attached hydrogens (tertiary/aromatic N) is 1. The van der Waals surface area contributed by atoms with Gasteiger partial charge >= 0.3 is 0 Å². The maximum absolute atomic E-state index is 13.4. The molecule has 1 saturated heterocycles. The van der Waals surface area contributed by atoms with E-state index in [1.54, 1.807) is 12.4 Å². The van der Waals surface area contributed by atoms with Crippen molar-refractivity contribution in [3.05, 3.63) is 57.0 Å². The molecule has 1 fully saturated rings. The van der Waals surface area contributed by atoms with E-state index in [0.717, 1.165) is 25.1 Å². The maximum Gasteiger partial charge on any atom is 0.157 e. The number of hydrogen-bond donors (Lipinski definition) is 1. The van der Waals surface area contributed by atoms with Crippen molar-refractivity contribution in [1.29, 1.82) is 0 Å². The van der Waals surface area contributed by atoms with Crippen molar-refractivity contribution >= 4 is 34.8 Å². The highest BCUT2D eigenvalue weighted by atomic mass is 35.5. The Balaban J connectivity index is 1.96. The van der Waals surface area contributed by atoms with E-state index in [-0.39, 0.29) is 27.8 Å². The fraction of sp³-hybridized carbons (Fsp3) is 0.312. The predicted octanol–water partition coefficient (Wildman–Crippen LogP) is 4.91. The minimum atomic E-state index is -0.504. The number of pyridine rings is 1. The lowest BCUT2D eigenvalue weighted by Gasteiger charge is -2.25. The quantitative estimate of drug-likeness (QED) is 0.824. The molecule has 122 valence electrons. The van der Waals surface area contributed by atoms with Gasteiger partial charge < -0.3 is 10.1 Å². The molecule has 1 N–H and O–H groups in total. The smallest absolute Gasteiger partial charge is 0.157 e. The van der Waals surface area contributed by atoms with Gasteiger partial charge in [-0.25, -0.2) is 4.39 Å². The Morgan fingerprint density at radius 2 is 1.91 bits per heavy atom. The Labute approximate surface area is 148 Å². The molecule has 0 amide bonds. The van der Waals surface area contributed by atoms with Crippen LogP contribution in [0.2, 0.25) is 15.1 Å². The monoisotopic (exact) mass is 374 g/mol. The summed E-state index contributed by atoms with van der Waals surface area (Å²) in [5.41, 5.74) is 0.836. The van der Waals surface area contributed by atoms with Gasteiger partial charge in [0.15, 0.2) is 5.75 Å². The lowest BCUT2D eigenvalue weighted by molar-refractivity contribution is 0.144. The van der Waals surface area contributed by atoms with E-state index in [9.17, 15) is 4.39 Å². The minimum absolute atomic E-state index is 0.140. The van der Waals surface area contributed by atoms with Gasteiger partial charge in [-0.05, 0) is 31.2 Å². The second-order valence-corrected chi connectivity index (χ2v) is 6.68. The topological polar surface area (TPSA) is 34.1 Å². The second-order valence-electron chi connectivity index (χ2n) is 5.43. The van der Waals surface area contributed by atoms with E-state index in [0.29, 0.717) is 5.02 Å². The lowest BCUT2D eigenvalue weighted by atomic mass is 9.96. The maximum atomic E-state index is 13.4. The Kier molecular flexibility index (Phi) is 5.27. The van der Waals surface area contributed by atoms with Crippen molar-refractivity contribution < 1.29 is 9.13 Å². The van der Waals surface area contributed by atoms with Gasteiger partial charge in [0, 0.05) is 30.4 Å². The molecule has 3 nitrogen and oxygen atoms in total. The average Bonchev–Trinajstić information content (AvgIpc) is 3.00. The summed E-state index contributed by atoms with van der Waals surface area (Å²) in [5.74, 6) is -0.0186. The molecule has 0 bridgehead atoms. The highest BCUT2D eigenvalue weighted by molar-refractivity contribution is 6.37. The van der Waals surface area contributed by atoms with Gasteiger partial charge in [-0.2, -0.15) is 0 Å². The molecule has 1 aromatic heterocycles. The summed E-state index contributed by atoms with van der Waals surface area (Å²) in [7, 11) is 0. The van der Waals surface area contributed by atoms with Gasteiger partial charge in [-0.3, -0.25) is 4.98 Å². The third-order valence-electron chi connectivity index (χ3n) is 3.79. The fourth-order valence-corrected chi connectivity index (χ4v) is 3.46. The van der Waals surface area contributed by atoms with Crippen molar-refractivity contribution in [2.24, 2.45) is 5.92 Å². The van der Waals surface area contributed by atoms with E-state index < -0.39 is 5.82 Å². The standard InChI is InChI=1S/C16H14Cl3FN2O/c17-11-3-10(7-22-8-11)15(9-1-2-21-6-9)23-16-13(18)4-12(20)5-14(16)19/h3-5,7-9,15,21H,1-2,6H2/t9-,15+/m1/s1. The van der Waals surface area contributed by atoms with Crippen LogP contribution in [-0.4, -0.2) is 18.1 Å². The molecule has 0 unspecified atom stereocenters. The van der Waals surface area contributed by atoms with E-state index in [2.05, 4.69) is 10.3 Å². The van der Waals surface area contributed by atoms with Crippen molar-refractivity contribution in [2.45, 2.75) is 12.5 Å². The van der Waals surface area contributed by atoms with Crippen LogP contribution >= 0.6 is 34.8 Å². The number of ether oxygens (including phenoxy) is 1. The molecule has 23 heavy (non-hydrogen) atoms. The molecule has 0 aliphatic carbocycles. The van der Waals surface area contributed by atoms with Crippen LogP contribution < -0.4 is 10.1 Å². The summed E-state index contributed by atoms with van der Waals surface area (Å²) < 4.78 is 19.4. The number of nitrogens with one attached hydrogen (secondary N) is 1. The summed E-state index contributed by atoms with van der Waals surface area (Å²) in [6.45, 7) is 1.71. The zero-order chi connectivity index (χ0) is 16.4.